The summed E-state index contributed by atoms with van der Waals surface area (Å²) in [6.45, 7) is 2.85. The predicted molar refractivity (Wildman–Crippen MR) is 94.6 cm³/mol. The fourth-order valence-corrected chi connectivity index (χ4v) is 2.14. The van der Waals surface area contributed by atoms with Crippen molar-refractivity contribution in [3.63, 3.8) is 0 Å². The number of carbonyl (C=O) groups excluding carboxylic acids is 1. The molecule has 0 fully saturated rings. The van der Waals surface area contributed by atoms with E-state index in [1.807, 2.05) is 0 Å². The van der Waals surface area contributed by atoms with Gasteiger partial charge in [-0.15, -0.1) is 0 Å². The lowest BCUT2D eigenvalue weighted by Gasteiger charge is -2.12. The van der Waals surface area contributed by atoms with Gasteiger partial charge in [0.25, 0.3) is 5.91 Å². The smallest absolute Gasteiger partial charge is 0.274 e. The van der Waals surface area contributed by atoms with E-state index in [9.17, 15) is 4.79 Å². The maximum atomic E-state index is 12.5. The molecule has 0 unspecified atom stereocenters. The highest BCUT2D eigenvalue weighted by molar-refractivity contribution is 6.04. The third kappa shape index (κ3) is 5.05. The zero-order valence-electron chi connectivity index (χ0n) is 14.8. The fraction of sp³-hybridized carbons (Fsp3) is 0.353. The number of ether oxygens (including phenoxy) is 3. The van der Waals surface area contributed by atoms with Crippen molar-refractivity contribution in [1.82, 2.24) is 9.97 Å². The van der Waals surface area contributed by atoms with Gasteiger partial charge in [-0.05, 0) is 19.1 Å². The zero-order valence-corrected chi connectivity index (χ0v) is 14.8. The Labute approximate surface area is 146 Å². The molecule has 2 N–H and O–H groups in total. The van der Waals surface area contributed by atoms with E-state index >= 15 is 0 Å². The number of benzene rings is 1. The van der Waals surface area contributed by atoms with Crippen molar-refractivity contribution in [3.8, 4) is 11.5 Å². The van der Waals surface area contributed by atoms with Crippen molar-refractivity contribution in [1.29, 1.82) is 0 Å². The van der Waals surface area contributed by atoms with Crippen molar-refractivity contribution in [3.05, 3.63) is 35.8 Å². The molecule has 2 aromatic rings. The molecule has 1 heterocycles. The zero-order chi connectivity index (χ0) is 18.2. The number of hydrogen-bond acceptors (Lipinski definition) is 7. The van der Waals surface area contributed by atoms with Crippen LogP contribution in [0.3, 0.4) is 0 Å². The van der Waals surface area contributed by atoms with Crippen LogP contribution in [0.4, 0.5) is 11.5 Å². The third-order valence-electron chi connectivity index (χ3n) is 3.34. The summed E-state index contributed by atoms with van der Waals surface area (Å²) in [7, 11) is 4.71. The SMILES string of the molecule is COCCNc1cc(C(=O)Nc2ccc(OC)cc2OC)nc(C)n1. The predicted octanol–water partition coefficient (Wildman–Crippen LogP) is 2.11. The van der Waals surface area contributed by atoms with E-state index < -0.39 is 0 Å². The van der Waals surface area contributed by atoms with Gasteiger partial charge in [0.1, 0.15) is 28.8 Å². The molecule has 0 aliphatic carbocycles. The first-order valence-corrected chi connectivity index (χ1v) is 7.69. The molecule has 25 heavy (non-hydrogen) atoms. The van der Waals surface area contributed by atoms with Crippen LogP contribution in [0.15, 0.2) is 24.3 Å². The second-order valence-electron chi connectivity index (χ2n) is 5.13. The summed E-state index contributed by atoms with van der Waals surface area (Å²) >= 11 is 0. The molecule has 1 amide bonds. The van der Waals surface area contributed by atoms with Crippen LogP contribution in [0.5, 0.6) is 11.5 Å². The molecule has 2 rings (SSSR count). The van der Waals surface area contributed by atoms with Crippen LogP contribution >= 0.6 is 0 Å². The van der Waals surface area contributed by atoms with E-state index in [2.05, 4.69) is 20.6 Å². The number of methoxy groups -OCH3 is 3. The normalized spacial score (nSPS) is 10.2. The summed E-state index contributed by atoms with van der Waals surface area (Å²) in [6.07, 6.45) is 0. The summed E-state index contributed by atoms with van der Waals surface area (Å²) in [5.41, 5.74) is 0.781. The van der Waals surface area contributed by atoms with E-state index in [0.717, 1.165) is 0 Å². The number of carbonyl (C=O) groups is 1. The Morgan fingerprint density at radius 2 is 1.92 bits per heavy atom. The first-order chi connectivity index (χ1) is 12.1. The molecule has 0 aliphatic heterocycles. The Kier molecular flexibility index (Phi) is 6.53. The molecular weight excluding hydrogens is 324 g/mol. The van der Waals surface area contributed by atoms with Crippen LogP contribution in [0.2, 0.25) is 0 Å². The first-order valence-electron chi connectivity index (χ1n) is 7.69. The van der Waals surface area contributed by atoms with Crippen LogP contribution in [-0.4, -0.2) is 50.4 Å². The van der Waals surface area contributed by atoms with E-state index in [1.54, 1.807) is 45.4 Å². The van der Waals surface area contributed by atoms with Crippen LogP contribution < -0.4 is 20.1 Å². The van der Waals surface area contributed by atoms with Crippen LogP contribution in [0.1, 0.15) is 16.3 Å². The molecular formula is C17H22N4O4. The second kappa shape index (κ2) is 8.84. The lowest BCUT2D eigenvalue weighted by molar-refractivity contribution is 0.102. The molecule has 0 aliphatic rings. The van der Waals surface area contributed by atoms with Crippen molar-refractivity contribution < 1.29 is 19.0 Å². The van der Waals surface area contributed by atoms with E-state index in [-0.39, 0.29) is 11.6 Å². The second-order valence-corrected chi connectivity index (χ2v) is 5.13. The molecule has 8 nitrogen and oxygen atoms in total. The lowest BCUT2D eigenvalue weighted by atomic mass is 10.2. The van der Waals surface area contributed by atoms with Crippen molar-refractivity contribution in [2.75, 3.05) is 45.1 Å². The van der Waals surface area contributed by atoms with Gasteiger partial charge in [0.2, 0.25) is 0 Å². The van der Waals surface area contributed by atoms with Crippen molar-refractivity contribution in [2.24, 2.45) is 0 Å². The van der Waals surface area contributed by atoms with Gasteiger partial charge in [0.05, 0.1) is 26.5 Å². The highest BCUT2D eigenvalue weighted by atomic mass is 16.5. The number of hydrogen-bond donors (Lipinski definition) is 2. The summed E-state index contributed by atoms with van der Waals surface area (Å²) in [6, 6.07) is 6.73. The molecule has 0 spiro atoms. The topological polar surface area (TPSA) is 94.6 Å². The maximum absolute atomic E-state index is 12.5. The minimum atomic E-state index is -0.358. The molecule has 134 valence electrons. The van der Waals surface area contributed by atoms with Gasteiger partial charge in [0.15, 0.2) is 0 Å². The van der Waals surface area contributed by atoms with Gasteiger partial charge in [0, 0.05) is 25.8 Å². The highest BCUT2D eigenvalue weighted by Crippen LogP contribution is 2.29. The Bertz CT molecular complexity index is 737. The van der Waals surface area contributed by atoms with E-state index in [1.165, 1.54) is 7.11 Å². The molecule has 8 heteroatoms. The number of rotatable bonds is 8. The van der Waals surface area contributed by atoms with Crippen molar-refractivity contribution in [2.45, 2.75) is 6.92 Å². The van der Waals surface area contributed by atoms with E-state index in [4.69, 9.17) is 14.2 Å². The number of aromatic nitrogens is 2. The molecule has 1 aromatic heterocycles. The molecule has 0 saturated heterocycles. The highest BCUT2D eigenvalue weighted by Gasteiger charge is 2.14. The minimum absolute atomic E-state index is 0.255. The summed E-state index contributed by atoms with van der Waals surface area (Å²) in [4.78, 5) is 21.0. The molecule has 0 bridgehead atoms. The Morgan fingerprint density at radius 3 is 2.60 bits per heavy atom. The van der Waals surface area contributed by atoms with Gasteiger partial charge in [-0.1, -0.05) is 0 Å². The average molecular weight is 346 g/mol. The number of anilines is 2. The molecule has 0 radical (unpaired) electrons. The Morgan fingerprint density at radius 1 is 1.12 bits per heavy atom. The number of amides is 1. The van der Waals surface area contributed by atoms with Gasteiger partial charge in [-0.25, -0.2) is 9.97 Å². The first kappa shape index (κ1) is 18.5. The van der Waals surface area contributed by atoms with Crippen LogP contribution in [-0.2, 0) is 4.74 Å². The number of nitrogens with zero attached hydrogens (tertiary/aromatic N) is 2. The van der Waals surface area contributed by atoms with E-state index in [0.29, 0.717) is 42.0 Å². The Hall–Kier alpha value is -2.87. The standard InChI is InChI=1S/C17H22N4O4/c1-11-19-14(10-16(20-11)18-7-8-23-2)17(22)21-13-6-5-12(24-3)9-15(13)25-4/h5-6,9-10H,7-8H2,1-4H3,(H,21,22)(H,18,19,20). The number of nitrogens with one attached hydrogen (secondary N) is 2. The molecule has 0 saturated carbocycles. The van der Waals surface area contributed by atoms with Crippen LogP contribution in [0, 0.1) is 6.92 Å². The quantitative estimate of drug-likeness (QED) is 0.707. The third-order valence-corrected chi connectivity index (χ3v) is 3.34. The van der Waals surface area contributed by atoms with Gasteiger partial charge in [-0.3, -0.25) is 4.79 Å². The molecule has 1 aromatic carbocycles. The van der Waals surface area contributed by atoms with Crippen LogP contribution in [0.25, 0.3) is 0 Å². The molecule has 0 atom stereocenters. The van der Waals surface area contributed by atoms with Gasteiger partial charge >= 0.3 is 0 Å². The number of aryl methyl sites for hydroxylation is 1. The summed E-state index contributed by atoms with van der Waals surface area (Å²) < 4.78 is 15.4. The largest absolute Gasteiger partial charge is 0.497 e. The summed E-state index contributed by atoms with van der Waals surface area (Å²) in [5.74, 6) is 1.84. The maximum Gasteiger partial charge on any atom is 0.274 e. The van der Waals surface area contributed by atoms with Crippen molar-refractivity contribution >= 4 is 17.4 Å². The minimum Gasteiger partial charge on any atom is -0.497 e. The Balaban J connectivity index is 2.17. The van der Waals surface area contributed by atoms with Gasteiger partial charge in [-0.2, -0.15) is 0 Å². The fourth-order valence-electron chi connectivity index (χ4n) is 2.14. The average Bonchev–Trinajstić information content (AvgIpc) is 2.61. The lowest BCUT2D eigenvalue weighted by Crippen LogP contribution is -2.17. The summed E-state index contributed by atoms with van der Waals surface area (Å²) in [5, 5.41) is 5.87. The monoisotopic (exact) mass is 346 g/mol. The van der Waals surface area contributed by atoms with Gasteiger partial charge < -0.3 is 24.8 Å².